The third kappa shape index (κ3) is 6.02. The third-order valence-electron chi connectivity index (χ3n) is 8.36. The Morgan fingerprint density at radius 2 is 1.70 bits per heavy atom. The van der Waals surface area contributed by atoms with Gasteiger partial charge < -0.3 is 54.2 Å². The molecule has 43 heavy (non-hydrogen) atoms. The highest BCUT2D eigenvalue weighted by molar-refractivity contribution is 5.58. The lowest BCUT2D eigenvalue weighted by atomic mass is 9.71. The summed E-state index contributed by atoms with van der Waals surface area (Å²) in [5.41, 5.74) is 2.04. The van der Waals surface area contributed by atoms with Crippen LogP contribution in [0.5, 0.6) is 28.7 Å². The van der Waals surface area contributed by atoms with Crippen molar-refractivity contribution in [3.8, 4) is 28.7 Å². The molecule has 1 aliphatic carbocycles. The topological polar surface area (TPSA) is 165 Å². The zero-order valence-electron chi connectivity index (χ0n) is 23.6. The number of carbonyl (C=O) groups excluding carboxylic acids is 1. The van der Waals surface area contributed by atoms with E-state index >= 15 is 8.78 Å². The smallest absolute Gasteiger partial charge is 0.293 e. The normalized spacial score (nSPS) is 28.2. The van der Waals surface area contributed by atoms with Gasteiger partial charge in [0.15, 0.2) is 23.0 Å². The minimum absolute atomic E-state index is 0.0170. The lowest BCUT2D eigenvalue weighted by Crippen LogP contribution is -2.57. The van der Waals surface area contributed by atoms with E-state index < -0.39 is 61.9 Å². The number of fused-ring (bicyclic) bond motifs is 2. The fourth-order valence-corrected chi connectivity index (χ4v) is 6.14. The minimum Gasteiger partial charge on any atom is -0.502 e. The van der Waals surface area contributed by atoms with E-state index in [9.17, 15) is 25.2 Å². The van der Waals surface area contributed by atoms with Gasteiger partial charge in [0.25, 0.3) is 12.4 Å². The van der Waals surface area contributed by atoms with Crippen LogP contribution in [-0.2, 0) is 14.3 Å². The Bertz CT molecular complexity index is 1290. The molecule has 0 spiro atoms. The fraction of sp³-hybridized carbons (Fsp3) is 0.552. The Morgan fingerprint density at radius 1 is 1.05 bits per heavy atom. The zero-order valence-corrected chi connectivity index (χ0v) is 23.6. The molecule has 2 heterocycles. The summed E-state index contributed by atoms with van der Waals surface area (Å²) < 4.78 is 63.4. The van der Waals surface area contributed by atoms with Crippen molar-refractivity contribution in [2.75, 3.05) is 40.8 Å². The highest BCUT2D eigenvalue weighted by Gasteiger charge is 2.49. The monoisotopic (exact) mass is 611 g/mol. The van der Waals surface area contributed by atoms with E-state index in [1.165, 1.54) is 14.2 Å². The molecule has 0 saturated carbocycles. The van der Waals surface area contributed by atoms with Crippen LogP contribution in [0.3, 0.4) is 0 Å². The van der Waals surface area contributed by atoms with Crippen molar-refractivity contribution in [3.05, 3.63) is 41.0 Å². The molecule has 5 unspecified atom stereocenters. The molecule has 5 rings (SSSR count). The van der Waals surface area contributed by atoms with Gasteiger partial charge in [-0.1, -0.05) is 0 Å². The van der Waals surface area contributed by atoms with E-state index in [4.69, 9.17) is 28.4 Å². The van der Waals surface area contributed by atoms with Gasteiger partial charge in [0.1, 0.15) is 18.3 Å². The molecule has 7 atom stereocenters. The molecule has 1 saturated heterocycles. The van der Waals surface area contributed by atoms with Crippen LogP contribution in [-0.4, -0.2) is 98.0 Å². The summed E-state index contributed by atoms with van der Waals surface area (Å²) >= 11 is 0. The number of rotatable bonds is 11. The van der Waals surface area contributed by atoms with E-state index in [1.54, 1.807) is 24.3 Å². The van der Waals surface area contributed by atoms with Crippen LogP contribution < -0.4 is 24.3 Å². The molecular formula is C29H35F2NO11. The van der Waals surface area contributed by atoms with Gasteiger partial charge in [-0.25, -0.2) is 8.78 Å². The van der Waals surface area contributed by atoms with Gasteiger partial charge in [-0.2, -0.15) is 0 Å². The number of phenols is 1. The molecule has 2 aliphatic heterocycles. The van der Waals surface area contributed by atoms with Crippen molar-refractivity contribution in [2.45, 2.75) is 55.1 Å². The number of ether oxygens (including phenoxy) is 6. The third-order valence-corrected chi connectivity index (χ3v) is 8.36. The molecule has 12 nitrogen and oxygen atoms in total. The number of aliphatic hydroxyl groups is 3. The summed E-state index contributed by atoms with van der Waals surface area (Å²) in [7, 11) is 2.81. The average Bonchev–Trinajstić information content (AvgIpc) is 3.46. The van der Waals surface area contributed by atoms with Crippen LogP contribution in [0.2, 0.25) is 0 Å². The van der Waals surface area contributed by atoms with E-state index in [2.05, 4.69) is 5.32 Å². The molecule has 236 valence electrons. The van der Waals surface area contributed by atoms with Crippen LogP contribution in [0.4, 0.5) is 8.78 Å². The Labute approximate surface area is 246 Å². The molecular weight excluding hydrogens is 576 g/mol. The summed E-state index contributed by atoms with van der Waals surface area (Å²) in [5.74, 6) is -3.32. The van der Waals surface area contributed by atoms with Crippen molar-refractivity contribution in [1.82, 2.24) is 5.32 Å². The summed E-state index contributed by atoms with van der Waals surface area (Å²) in [6.07, 6.45) is -6.31. The molecule has 0 aromatic heterocycles. The summed E-state index contributed by atoms with van der Waals surface area (Å²) in [6.45, 7) is -1.45. The Hall–Kier alpha value is -3.43. The SMILES string of the molecule is COc1cc([C@H]2CC(COC=O)C(NCC(F)(F)C3CC(O)[C@H](O)C(CO)O3)c3cc4c(cc32)OCO4)cc(OC)c1O. The maximum absolute atomic E-state index is 15.5. The number of nitrogens with one attached hydrogen (secondary N) is 1. The second-order valence-corrected chi connectivity index (χ2v) is 10.8. The number of aliphatic hydroxyl groups excluding tert-OH is 3. The lowest BCUT2D eigenvalue weighted by Gasteiger charge is -2.42. The largest absolute Gasteiger partial charge is 0.502 e. The molecule has 0 amide bonds. The van der Waals surface area contributed by atoms with Gasteiger partial charge in [0.05, 0.1) is 40.1 Å². The summed E-state index contributed by atoms with van der Waals surface area (Å²) in [6, 6.07) is 6.07. The first-order valence-corrected chi connectivity index (χ1v) is 13.8. The van der Waals surface area contributed by atoms with Gasteiger partial charge in [0, 0.05) is 24.3 Å². The number of carbonyl (C=O) groups is 1. The number of alkyl halides is 2. The second-order valence-electron chi connectivity index (χ2n) is 10.8. The van der Waals surface area contributed by atoms with Crippen molar-refractivity contribution in [2.24, 2.45) is 5.92 Å². The van der Waals surface area contributed by atoms with Crippen LogP contribution >= 0.6 is 0 Å². The Balaban J connectivity index is 1.51. The molecule has 1 fully saturated rings. The zero-order chi connectivity index (χ0) is 30.9. The van der Waals surface area contributed by atoms with Gasteiger partial charge in [-0.3, -0.25) is 4.79 Å². The lowest BCUT2D eigenvalue weighted by molar-refractivity contribution is -0.237. The fourth-order valence-electron chi connectivity index (χ4n) is 6.14. The number of benzene rings is 2. The van der Waals surface area contributed by atoms with Crippen molar-refractivity contribution in [1.29, 1.82) is 0 Å². The molecule has 5 N–H and O–H groups in total. The minimum atomic E-state index is -3.52. The van der Waals surface area contributed by atoms with Crippen molar-refractivity contribution >= 4 is 6.47 Å². The molecule has 2 aromatic rings. The molecule has 0 bridgehead atoms. The standard InChI is InChI=1S/C29H35F2NO11/c1-38-22-4-14(5-23(39-2)28(22)37)16-3-15(10-40-12-34)26(18-7-21-20(6-17(16)18)41-13-42-21)32-11-29(30,31)25-8-19(35)27(36)24(9-33)43-25/h4-7,12,15-16,19,24-27,32-33,35-37H,3,8-11,13H2,1-2H3/t15?,16-,19?,24?,25?,26?,27+/m1/s1. The number of halogens is 2. The maximum Gasteiger partial charge on any atom is 0.293 e. The number of methoxy groups -OCH3 is 2. The van der Waals surface area contributed by atoms with Crippen LogP contribution in [0.1, 0.15) is 41.5 Å². The van der Waals surface area contributed by atoms with E-state index in [-0.39, 0.29) is 36.6 Å². The van der Waals surface area contributed by atoms with Gasteiger partial charge in [-0.05, 0) is 47.4 Å². The summed E-state index contributed by atoms with van der Waals surface area (Å²) in [4.78, 5) is 11.2. The summed E-state index contributed by atoms with van der Waals surface area (Å²) in [5, 5.41) is 42.9. The number of phenolic OH excluding ortho intramolecular Hbond substituents is 1. The average molecular weight is 612 g/mol. The van der Waals surface area contributed by atoms with Gasteiger partial charge in [-0.15, -0.1) is 0 Å². The van der Waals surface area contributed by atoms with Crippen LogP contribution in [0.25, 0.3) is 0 Å². The predicted octanol–water partition coefficient (Wildman–Crippen LogP) is 1.60. The molecule has 2 aromatic carbocycles. The van der Waals surface area contributed by atoms with Crippen molar-refractivity contribution < 1.29 is 62.4 Å². The van der Waals surface area contributed by atoms with Crippen LogP contribution in [0, 0.1) is 5.92 Å². The maximum atomic E-state index is 15.5. The molecule has 0 radical (unpaired) electrons. The second kappa shape index (κ2) is 12.7. The van der Waals surface area contributed by atoms with Crippen LogP contribution in [0.15, 0.2) is 24.3 Å². The first-order chi connectivity index (χ1) is 20.6. The van der Waals surface area contributed by atoms with E-state index in [0.29, 0.717) is 35.5 Å². The first kappa shape index (κ1) is 31.0. The highest BCUT2D eigenvalue weighted by Crippen LogP contribution is 2.51. The van der Waals surface area contributed by atoms with Gasteiger partial charge >= 0.3 is 0 Å². The number of aromatic hydroxyl groups is 1. The van der Waals surface area contributed by atoms with Crippen molar-refractivity contribution in [3.63, 3.8) is 0 Å². The molecule has 14 heteroatoms. The highest BCUT2D eigenvalue weighted by atomic mass is 19.3. The van der Waals surface area contributed by atoms with E-state index in [0.717, 1.165) is 5.56 Å². The Kier molecular flexibility index (Phi) is 9.13. The first-order valence-electron chi connectivity index (χ1n) is 13.8. The van der Waals surface area contributed by atoms with Gasteiger partial charge in [0.2, 0.25) is 12.5 Å². The predicted molar refractivity (Wildman–Crippen MR) is 144 cm³/mol. The number of hydrogen-bond donors (Lipinski definition) is 5. The number of hydrogen-bond acceptors (Lipinski definition) is 12. The quantitative estimate of drug-likeness (QED) is 0.234. The molecule has 3 aliphatic rings. The Morgan fingerprint density at radius 3 is 2.30 bits per heavy atom. The van der Waals surface area contributed by atoms with E-state index in [1.807, 2.05) is 0 Å².